The molecule has 0 saturated heterocycles. The van der Waals surface area contributed by atoms with E-state index in [0.717, 1.165) is 22.4 Å². The van der Waals surface area contributed by atoms with E-state index in [-0.39, 0.29) is 23.4 Å². The van der Waals surface area contributed by atoms with Crippen molar-refractivity contribution in [2.75, 3.05) is 18.9 Å². The molecule has 3 rings (SSSR count). The summed E-state index contributed by atoms with van der Waals surface area (Å²) in [5.41, 5.74) is 3.64. The van der Waals surface area contributed by atoms with Gasteiger partial charge in [-0.3, -0.25) is 9.69 Å². The van der Waals surface area contributed by atoms with E-state index >= 15 is 0 Å². The number of carbonyl (C=O) groups is 1. The number of hydrogen-bond donors (Lipinski definition) is 2. The van der Waals surface area contributed by atoms with Crippen molar-refractivity contribution >= 4 is 21.6 Å². The predicted molar refractivity (Wildman–Crippen MR) is 119 cm³/mol. The lowest BCUT2D eigenvalue weighted by atomic mass is 10.0. The zero-order chi connectivity index (χ0) is 21.7. The molecule has 1 atom stereocenters. The third kappa shape index (κ3) is 5.33. The number of benzene rings is 3. The zero-order valence-corrected chi connectivity index (χ0v) is 17.8. The summed E-state index contributed by atoms with van der Waals surface area (Å²) >= 11 is 0. The van der Waals surface area contributed by atoms with Crippen molar-refractivity contribution in [3.8, 4) is 11.1 Å². The van der Waals surface area contributed by atoms with Gasteiger partial charge in [0, 0.05) is 17.3 Å². The highest BCUT2D eigenvalue weighted by atomic mass is 32.2. The first kappa shape index (κ1) is 21.7. The van der Waals surface area contributed by atoms with Crippen LogP contribution in [-0.4, -0.2) is 32.8 Å². The van der Waals surface area contributed by atoms with E-state index in [0.29, 0.717) is 0 Å². The zero-order valence-electron chi connectivity index (χ0n) is 16.9. The number of amides is 1. The van der Waals surface area contributed by atoms with Crippen molar-refractivity contribution in [3.05, 3.63) is 84.4 Å². The van der Waals surface area contributed by atoms with Crippen molar-refractivity contribution in [2.24, 2.45) is 5.14 Å². The van der Waals surface area contributed by atoms with Gasteiger partial charge in [-0.15, -0.1) is 0 Å². The van der Waals surface area contributed by atoms with Gasteiger partial charge in [-0.05, 0) is 43.3 Å². The lowest BCUT2D eigenvalue weighted by Crippen LogP contribution is -2.32. The Morgan fingerprint density at radius 2 is 1.57 bits per heavy atom. The fourth-order valence-corrected chi connectivity index (χ4v) is 3.72. The third-order valence-electron chi connectivity index (χ3n) is 5.03. The van der Waals surface area contributed by atoms with Gasteiger partial charge in [0.25, 0.3) is 0 Å². The molecule has 0 aliphatic heterocycles. The van der Waals surface area contributed by atoms with Gasteiger partial charge in [-0.25, -0.2) is 13.6 Å². The summed E-state index contributed by atoms with van der Waals surface area (Å²) in [5, 5.41) is 8.14. The molecule has 0 aromatic heterocycles. The van der Waals surface area contributed by atoms with Crippen LogP contribution in [-0.2, 0) is 14.8 Å². The number of nitrogens with two attached hydrogens (primary N) is 1. The quantitative estimate of drug-likeness (QED) is 0.607. The molecule has 0 heterocycles. The molecule has 30 heavy (non-hydrogen) atoms. The van der Waals surface area contributed by atoms with Gasteiger partial charge in [-0.1, -0.05) is 60.7 Å². The molecule has 3 aromatic rings. The molecule has 156 valence electrons. The molecule has 3 aromatic carbocycles. The van der Waals surface area contributed by atoms with E-state index in [1.807, 2.05) is 73.5 Å². The molecular weight excluding hydrogens is 398 g/mol. The van der Waals surface area contributed by atoms with E-state index in [4.69, 9.17) is 5.14 Å². The van der Waals surface area contributed by atoms with Crippen molar-refractivity contribution < 1.29 is 13.2 Å². The second-order valence-electron chi connectivity index (χ2n) is 7.16. The first-order valence-electron chi connectivity index (χ1n) is 9.53. The molecule has 1 amide bonds. The maximum Gasteiger partial charge on any atom is 0.238 e. The highest BCUT2D eigenvalue weighted by Crippen LogP contribution is 2.27. The van der Waals surface area contributed by atoms with Crippen LogP contribution in [0.3, 0.4) is 0 Å². The monoisotopic (exact) mass is 423 g/mol. The highest BCUT2D eigenvalue weighted by molar-refractivity contribution is 7.89. The molecule has 3 N–H and O–H groups in total. The number of hydrogen-bond acceptors (Lipinski definition) is 4. The number of nitrogens with zero attached hydrogens (tertiary/aromatic N) is 1. The number of para-hydroxylation sites is 1. The summed E-state index contributed by atoms with van der Waals surface area (Å²) in [5.74, 6) is -0.131. The number of nitrogens with one attached hydrogen (secondary N) is 1. The molecule has 0 saturated carbocycles. The molecule has 0 aliphatic carbocycles. The van der Waals surface area contributed by atoms with Crippen LogP contribution in [0.25, 0.3) is 11.1 Å². The Morgan fingerprint density at radius 3 is 2.20 bits per heavy atom. The van der Waals surface area contributed by atoms with E-state index in [2.05, 4.69) is 5.32 Å². The largest absolute Gasteiger partial charge is 0.324 e. The normalized spacial score (nSPS) is 12.5. The van der Waals surface area contributed by atoms with Crippen LogP contribution in [0, 0.1) is 0 Å². The number of carbonyl (C=O) groups excluding carboxylic acids is 1. The van der Waals surface area contributed by atoms with Gasteiger partial charge in [-0.2, -0.15) is 0 Å². The maximum atomic E-state index is 12.7. The minimum absolute atomic E-state index is 0.0661. The molecule has 0 fully saturated rings. The molecule has 0 spiro atoms. The summed E-state index contributed by atoms with van der Waals surface area (Å²) in [4.78, 5) is 14.6. The number of likely N-dealkylation sites (N-methyl/N-ethyl adjacent to an activating group) is 1. The molecule has 0 aliphatic rings. The van der Waals surface area contributed by atoms with Crippen LogP contribution in [0.4, 0.5) is 5.69 Å². The Bertz CT molecular complexity index is 1110. The Balaban J connectivity index is 1.68. The standard InChI is InChI=1S/C23H25N3O3S/c1-17(18-12-14-20(15-13-18)30(24,28)29)26(2)16-23(27)25-22-11-7-6-10-21(22)19-8-4-3-5-9-19/h3-15,17H,16H2,1-2H3,(H,25,27)(H2,24,28,29). The molecule has 7 heteroatoms. The minimum Gasteiger partial charge on any atom is -0.324 e. The fraction of sp³-hybridized carbons (Fsp3) is 0.174. The lowest BCUT2D eigenvalue weighted by Gasteiger charge is -2.25. The van der Waals surface area contributed by atoms with Gasteiger partial charge >= 0.3 is 0 Å². The maximum absolute atomic E-state index is 12.7. The lowest BCUT2D eigenvalue weighted by molar-refractivity contribution is -0.117. The summed E-state index contributed by atoms with van der Waals surface area (Å²) in [6.07, 6.45) is 0. The summed E-state index contributed by atoms with van der Waals surface area (Å²) in [7, 11) is -1.88. The first-order valence-corrected chi connectivity index (χ1v) is 11.1. The Kier molecular flexibility index (Phi) is 6.66. The highest BCUT2D eigenvalue weighted by Gasteiger charge is 2.17. The molecule has 1 unspecified atom stereocenters. The molecule has 0 bridgehead atoms. The Labute approximate surface area is 177 Å². The predicted octanol–water partition coefficient (Wildman–Crippen LogP) is 3.63. The second-order valence-corrected chi connectivity index (χ2v) is 8.73. The third-order valence-corrected chi connectivity index (χ3v) is 5.96. The van der Waals surface area contributed by atoms with E-state index < -0.39 is 10.0 Å². The minimum atomic E-state index is -3.72. The topological polar surface area (TPSA) is 92.5 Å². The van der Waals surface area contributed by atoms with E-state index in [9.17, 15) is 13.2 Å². The van der Waals surface area contributed by atoms with Crippen LogP contribution in [0.1, 0.15) is 18.5 Å². The summed E-state index contributed by atoms with van der Waals surface area (Å²) in [6.45, 7) is 2.14. The van der Waals surface area contributed by atoms with Crippen molar-refractivity contribution in [1.82, 2.24) is 4.90 Å². The van der Waals surface area contributed by atoms with Gasteiger partial charge in [0.1, 0.15) is 0 Å². The fourth-order valence-electron chi connectivity index (χ4n) is 3.21. The number of primary sulfonamides is 1. The van der Waals surface area contributed by atoms with Gasteiger partial charge in [0.2, 0.25) is 15.9 Å². The molecule has 0 radical (unpaired) electrons. The smallest absolute Gasteiger partial charge is 0.238 e. The van der Waals surface area contributed by atoms with Crippen LogP contribution in [0.15, 0.2) is 83.8 Å². The van der Waals surface area contributed by atoms with Gasteiger partial charge in [0.05, 0.1) is 11.4 Å². The average molecular weight is 424 g/mol. The number of anilines is 1. The number of rotatable bonds is 7. The molecule has 6 nitrogen and oxygen atoms in total. The van der Waals surface area contributed by atoms with E-state index in [1.54, 1.807) is 12.1 Å². The molecular formula is C23H25N3O3S. The van der Waals surface area contributed by atoms with Crippen LogP contribution < -0.4 is 10.5 Å². The van der Waals surface area contributed by atoms with Crippen LogP contribution in [0.2, 0.25) is 0 Å². The SMILES string of the molecule is CC(c1ccc(S(N)(=O)=O)cc1)N(C)CC(=O)Nc1ccccc1-c1ccccc1. The van der Waals surface area contributed by atoms with Gasteiger partial charge < -0.3 is 5.32 Å². The van der Waals surface area contributed by atoms with Crippen molar-refractivity contribution in [1.29, 1.82) is 0 Å². The van der Waals surface area contributed by atoms with Crippen LogP contribution >= 0.6 is 0 Å². The second kappa shape index (κ2) is 9.21. The van der Waals surface area contributed by atoms with Crippen molar-refractivity contribution in [3.63, 3.8) is 0 Å². The Morgan fingerprint density at radius 1 is 0.967 bits per heavy atom. The summed E-state index contributed by atoms with van der Waals surface area (Å²) < 4.78 is 22.8. The number of sulfonamides is 1. The van der Waals surface area contributed by atoms with E-state index in [1.165, 1.54) is 12.1 Å². The Hall–Kier alpha value is -3.00. The van der Waals surface area contributed by atoms with Crippen LogP contribution in [0.5, 0.6) is 0 Å². The first-order chi connectivity index (χ1) is 14.3. The summed E-state index contributed by atoms with van der Waals surface area (Å²) in [6, 6.07) is 23.9. The average Bonchev–Trinajstić information content (AvgIpc) is 2.73. The van der Waals surface area contributed by atoms with Gasteiger partial charge in [0.15, 0.2) is 0 Å². The van der Waals surface area contributed by atoms with Crippen molar-refractivity contribution in [2.45, 2.75) is 17.9 Å².